The van der Waals surface area contributed by atoms with Crippen molar-refractivity contribution in [2.45, 2.75) is 13.8 Å². The fourth-order valence-electron chi connectivity index (χ4n) is 2.23. The van der Waals surface area contributed by atoms with Crippen molar-refractivity contribution >= 4 is 28.4 Å². The maximum Gasteiger partial charge on any atom is 0.254 e. The van der Waals surface area contributed by atoms with Gasteiger partial charge in [-0.2, -0.15) is 0 Å². The van der Waals surface area contributed by atoms with Crippen LogP contribution in [0.1, 0.15) is 24.2 Å². The zero-order valence-electron chi connectivity index (χ0n) is 13.7. The summed E-state index contributed by atoms with van der Waals surface area (Å²) in [7, 11) is 0. The molecule has 2 N–H and O–H groups in total. The molecular weight excluding hydrogens is 302 g/mol. The van der Waals surface area contributed by atoms with Gasteiger partial charge in [-0.25, -0.2) is 9.97 Å². The van der Waals surface area contributed by atoms with E-state index in [0.717, 1.165) is 16.6 Å². The van der Waals surface area contributed by atoms with Crippen molar-refractivity contribution in [3.8, 4) is 0 Å². The van der Waals surface area contributed by atoms with Gasteiger partial charge in [-0.05, 0) is 18.1 Å². The number of fused-ring (bicyclic) bond motifs is 1. The van der Waals surface area contributed by atoms with E-state index in [1.807, 2.05) is 44.2 Å². The molecule has 1 amide bonds. The van der Waals surface area contributed by atoms with E-state index in [1.165, 1.54) is 12.4 Å². The molecule has 6 heteroatoms. The Morgan fingerprint density at radius 3 is 2.58 bits per heavy atom. The molecule has 0 aliphatic carbocycles. The van der Waals surface area contributed by atoms with Crippen LogP contribution in [0.15, 0.2) is 48.9 Å². The first kappa shape index (κ1) is 15.9. The van der Waals surface area contributed by atoms with Crippen LogP contribution in [-0.2, 0) is 0 Å². The van der Waals surface area contributed by atoms with Gasteiger partial charge in [0.25, 0.3) is 5.91 Å². The zero-order valence-corrected chi connectivity index (χ0v) is 13.7. The Hall–Kier alpha value is -3.02. The maximum atomic E-state index is 12.0. The van der Waals surface area contributed by atoms with Gasteiger partial charge in [0.2, 0.25) is 5.95 Å². The van der Waals surface area contributed by atoms with Crippen LogP contribution < -0.4 is 10.6 Å². The number of hydrogen-bond donors (Lipinski definition) is 2. The highest BCUT2D eigenvalue weighted by molar-refractivity contribution is 5.94. The molecule has 0 fully saturated rings. The summed E-state index contributed by atoms with van der Waals surface area (Å²) in [6.07, 6.45) is 4.78. The van der Waals surface area contributed by atoms with Crippen molar-refractivity contribution in [2.24, 2.45) is 5.92 Å². The molecule has 0 bridgehead atoms. The minimum atomic E-state index is -0.165. The van der Waals surface area contributed by atoms with Gasteiger partial charge in [0.15, 0.2) is 0 Å². The van der Waals surface area contributed by atoms with Gasteiger partial charge in [-0.1, -0.05) is 32.0 Å². The topological polar surface area (TPSA) is 79.8 Å². The SMILES string of the molecule is CC(C)CNC(=O)c1cnc(Nc2cccc3cccnc23)nc1. The molecule has 6 nitrogen and oxygen atoms in total. The largest absolute Gasteiger partial charge is 0.352 e. The number of hydrogen-bond acceptors (Lipinski definition) is 5. The lowest BCUT2D eigenvalue weighted by Gasteiger charge is -2.09. The van der Waals surface area contributed by atoms with E-state index in [4.69, 9.17) is 0 Å². The van der Waals surface area contributed by atoms with E-state index in [-0.39, 0.29) is 5.91 Å². The molecule has 0 radical (unpaired) electrons. The molecule has 122 valence electrons. The first-order valence-electron chi connectivity index (χ1n) is 7.84. The van der Waals surface area contributed by atoms with E-state index in [0.29, 0.717) is 24.0 Å². The highest BCUT2D eigenvalue weighted by Crippen LogP contribution is 2.22. The molecular formula is C18H19N5O. The summed E-state index contributed by atoms with van der Waals surface area (Å²) in [5, 5.41) is 7.02. The molecule has 2 aromatic heterocycles. The quantitative estimate of drug-likeness (QED) is 0.754. The third-order valence-corrected chi connectivity index (χ3v) is 3.46. The van der Waals surface area contributed by atoms with Gasteiger partial charge in [0.1, 0.15) is 0 Å². The second-order valence-corrected chi connectivity index (χ2v) is 5.90. The lowest BCUT2D eigenvalue weighted by atomic mass is 10.2. The summed E-state index contributed by atoms with van der Waals surface area (Å²) in [5.74, 6) is 0.658. The predicted octanol–water partition coefficient (Wildman–Crippen LogP) is 3.15. The normalized spacial score (nSPS) is 10.8. The van der Waals surface area contributed by atoms with Gasteiger partial charge in [0, 0.05) is 30.5 Å². The minimum absolute atomic E-state index is 0.165. The average Bonchev–Trinajstić information content (AvgIpc) is 2.60. The van der Waals surface area contributed by atoms with Crippen molar-refractivity contribution in [1.29, 1.82) is 0 Å². The van der Waals surface area contributed by atoms with Crippen molar-refractivity contribution < 1.29 is 4.79 Å². The molecule has 2 heterocycles. The Morgan fingerprint density at radius 2 is 1.83 bits per heavy atom. The van der Waals surface area contributed by atoms with Crippen molar-refractivity contribution in [3.63, 3.8) is 0 Å². The van der Waals surface area contributed by atoms with Crippen LogP contribution in [0.4, 0.5) is 11.6 Å². The van der Waals surface area contributed by atoms with Crippen LogP contribution in [-0.4, -0.2) is 27.4 Å². The van der Waals surface area contributed by atoms with E-state index >= 15 is 0 Å². The molecule has 0 aliphatic rings. The third-order valence-electron chi connectivity index (χ3n) is 3.46. The van der Waals surface area contributed by atoms with E-state index in [1.54, 1.807) is 6.20 Å². The number of para-hydroxylation sites is 1. The number of benzene rings is 1. The van der Waals surface area contributed by atoms with E-state index in [2.05, 4.69) is 25.6 Å². The monoisotopic (exact) mass is 321 g/mol. The Labute approximate surface area is 140 Å². The number of nitrogens with one attached hydrogen (secondary N) is 2. The van der Waals surface area contributed by atoms with Gasteiger partial charge in [-0.3, -0.25) is 9.78 Å². The van der Waals surface area contributed by atoms with Gasteiger partial charge in [-0.15, -0.1) is 0 Å². The van der Waals surface area contributed by atoms with Gasteiger partial charge >= 0.3 is 0 Å². The highest BCUT2D eigenvalue weighted by atomic mass is 16.1. The van der Waals surface area contributed by atoms with Crippen LogP contribution in [0.3, 0.4) is 0 Å². The maximum absolute atomic E-state index is 12.0. The number of rotatable bonds is 5. The van der Waals surface area contributed by atoms with Crippen LogP contribution in [0, 0.1) is 5.92 Å². The predicted molar refractivity (Wildman–Crippen MR) is 94.2 cm³/mol. The smallest absolute Gasteiger partial charge is 0.254 e. The first-order chi connectivity index (χ1) is 11.6. The molecule has 0 aliphatic heterocycles. The summed E-state index contributed by atoms with van der Waals surface area (Å²) in [6.45, 7) is 4.71. The second kappa shape index (κ2) is 7.04. The van der Waals surface area contributed by atoms with Crippen molar-refractivity contribution in [1.82, 2.24) is 20.3 Å². The Morgan fingerprint density at radius 1 is 1.08 bits per heavy atom. The lowest BCUT2D eigenvalue weighted by molar-refractivity contribution is 0.0948. The third kappa shape index (κ3) is 3.65. The van der Waals surface area contributed by atoms with E-state index in [9.17, 15) is 4.79 Å². The second-order valence-electron chi connectivity index (χ2n) is 5.90. The number of carbonyl (C=O) groups excluding carboxylic acids is 1. The molecule has 0 unspecified atom stereocenters. The minimum Gasteiger partial charge on any atom is -0.352 e. The van der Waals surface area contributed by atoms with E-state index < -0.39 is 0 Å². The summed E-state index contributed by atoms with van der Waals surface area (Å²) in [6, 6.07) is 9.75. The summed E-state index contributed by atoms with van der Waals surface area (Å²) >= 11 is 0. The van der Waals surface area contributed by atoms with Crippen LogP contribution in [0.25, 0.3) is 10.9 Å². The molecule has 24 heavy (non-hydrogen) atoms. The number of aromatic nitrogens is 3. The molecule has 0 atom stereocenters. The number of amides is 1. The Bertz CT molecular complexity index is 840. The number of nitrogens with zero attached hydrogens (tertiary/aromatic N) is 3. The lowest BCUT2D eigenvalue weighted by Crippen LogP contribution is -2.27. The molecule has 1 aromatic carbocycles. The first-order valence-corrected chi connectivity index (χ1v) is 7.84. The molecule has 0 spiro atoms. The van der Waals surface area contributed by atoms with Crippen LogP contribution in [0.2, 0.25) is 0 Å². The number of anilines is 2. The zero-order chi connectivity index (χ0) is 16.9. The van der Waals surface area contributed by atoms with Crippen LogP contribution >= 0.6 is 0 Å². The summed E-state index contributed by atoms with van der Waals surface area (Å²) in [4.78, 5) is 24.8. The molecule has 3 rings (SSSR count). The molecule has 3 aromatic rings. The highest BCUT2D eigenvalue weighted by Gasteiger charge is 2.08. The Balaban J connectivity index is 1.75. The molecule has 0 saturated carbocycles. The van der Waals surface area contributed by atoms with Crippen molar-refractivity contribution in [3.05, 3.63) is 54.5 Å². The van der Waals surface area contributed by atoms with Crippen molar-refractivity contribution in [2.75, 3.05) is 11.9 Å². The van der Waals surface area contributed by atoms with Gasteiger partial charge < -0.3 is 10.6 Å². The fourth-order valence-corrected chi connectivity index (χ4v) is 2.23. The number of pyridine rings is 1. The standard InChI is InChI=1S/C18H19N5O/c1-12(2)9-20-17(24)14-10-21-18(22-11-14)23-15-7-3-5-13-6-4-8-19-16(13)15/h3-8,10-12H,9H2,1-2H3,(H,20,24)(H,21,22,23). The van der Waals surface area contributed by atoms with Crippen LogP contribution in [0.5, 0.6) is 0 Å². The number of carbonyl (C=O) groups is 1. The molecule has 0 saturated heterocycles. The Kier molecular flexibility index (Phi) is 4.65. The summed E-state index contributed by atoms with van der Waals surface area (Å²) < 4.78 is 0. The fraction of sp³-hybridized carbons (Fsp3) is 0.222. The van der Waals surface area contributed by atoms with Gasteiger partial charge in [0.05, 0.1) is 16.8 Å². The average molecular weight is 321 g/mol. The summed E-state index contributed by atoms with van der Waals surface area (Å²) in [5.41, 5.74) is 2.12.